The van der Waals surface area contributed by atoms with Gasteiger partial charge >= 0.3 is 5.97 Å². The second-order valence-corrected chi connectivity index (χ2v) is 10.7. The molecule has 0 radical (unpaired) electrons. The summed E-state index contributed by atoms with van der Waals surface area (Å²) >= 11 is 0. The first-order valence-electron chi connectivity index (χ1n) is 14.1. The maximum absolute atomic E-state index is 13.8. The fourth-order valence-corrected chi connectivity index (χ4v) is 4.97. The minimum Gasteiger partial charge on any atom is -0.480 e. The van der Waals surface area contributed by atoms with Gasteiger partial charge in [0.15, 0.2) is 0 Å². The van der Waals surface area contributed by atoms with Crippen LogP contribution < -0.4 is 21.3 Å². The Bertz CT molecular complexity index is 1080. The molecule has 2 aliphatic heterocycles. The van der Waals surface area contributed by atoms with E-state index in [1.807, 2.05) is 13.8 Å². The predicted octanol–water partition coefficient (Wildman–Crippen LogP) is -0.811. The lowest BCUT2D eigenvalue weighted by Gasteiger charge is -2.31. The zero-order valence-electron chi connectivity index (χ0n) is 23.7. The van der Waals surface area contributed by atoms with Crippen molar-refractivity contribution in [2.45, 2.75) is 102 Å². The van der Waals surface area contributed by atoms with Gasteiger partial charge in [-0.05, 0) is 52.0 Å². The number of amides is 4. The third kappa shape index (κ3) is 7.77. The number of fused-ring (bicyclic) bond motifs is 3. The molecular formula is C26H42N8O6. The number of rotatable bonds is 6. The Kier molecular flexibility index (Phi) is 11.0. The van der Waals surface area contributed by atoms with E-state index in [4.69, 9.17) is 0 Å². The highest BCUT2D eigenvalue weighted by molar-refractivity contribution is 5.96. The van der Waals surface area contributed by atoms with Gasteiger partial charge in [-0.3, -0.25) is 23.9 Å². The molecule has 3 rings (SSSR count). The molecule has 2 bridgehead atoms. The molecule has 5 N–H and O–H groups in total. The summed E-state index contributed by atoms with van der Waals surface area (Å²) in [6.07, 6.45) is 4.63. The van der Waals surface area contributed by atoms with Crippen LogP contribution in [0.25, 0.3) is 0 Å². The highest BCUT2D eigenvalue weighted by atomic mass is 16.4. The van der Waals surface area contributed by atoms with Crippen molar-refractivity contribution in [1.29, 1.82) is 0 Å². The molecule has 1 aromatic heterocycles. The highest BCUT2D eigenvalue weighted by Crippen LogP contribution is 2.21. The van der Waals surface area contributed by atoms with E-state index < -0.39 is 53.9 Å². The monoisotopic (exact) mass is 562 g/mol. The van der Waals surface area contributed by atoms with Crippen LogP contribution in [-0.4, -0.2) is 98.4 Å². The largest absolute Gasteiger partial charge is 0.480 e. The quantitative estimate of drug-likeness (QED) is 0.295. The fraction of sp³-hybridized carbons (Fsp3) is 0.731. The van der Waals surface area contributed by atoms with Crippen molar-refractivity contribution >= 4 is 29.6 Å². The van der Waals surface area contributed by atoms with Crippen LogP contribution in [0.1, 0.15) is 65.0 Å². The van der Waals surface area contributed by atoms with Gasteiger partial charge in [-0.1, -0.05) is 25.5 Å². The highest BCUT2D eigenvalue weighted by Gasteiger charge is 2.40. The molecule has 3 heterocycles. The number of carboxylic acids is 1. The van der Waals surface area contributed by atoms with Gasteiger partial charge in [0.25, 0.3) is 0 Å². The van der Waals surface area contributed by atoms with Gasteiger partial charge in [0, 0.05) is 25.7 Å². The lowest BCUT2D eigenvalue weighted by atomic mass is 9.97. The van der Waals surface area contributed by atoms with Gasteiger partial charge in [0.2, 0.25) is 23.6 Å². The van der Waals surface area contributed by atoms with E-state index in [0.29, 0.717) is 50.9 Å². The summed E-state index contributed by atoms with van der Waals surface area (Å²) < 4.78 is 1.61. The number of carboxylic acid groups (broad SMARTS) is 1. The number of likely N-dealkylation sites (N-methyl/N-ethyl adjacent to an activating group) is 1. The number of nitrogens with zero attached hydrogens (tertiary/aromatic N) is 4. The summed E-state index contributed by atoms with van der Waals surface area (Å²) in [6, 6.07) is -4.41. The number of aryl methyl sites for hydroxylation is 1. The van der Waals surface area contributed by atoms with E-state index in [-0.39, 0.29) is 24.7 Å². The van der Waals surface area contributed by atoms with Crippen LogP contribution in [0.3, 0.4) is 0 Å². The third-order valence-electron chi connectivity index (χ3n) is 7.82. The Morgan fingerprint density at radius 1 is 1.10 bits per heavy atom. The van der Waals surface area contributed by atoms with Gasteiger partial charge in [0.05, 0.1) is 11.7 Å². The predicted molar refractivity (Wildman–Crippen MR) is 144 cm³/mol. The summed E-state index contributed by atoms with van der Waals surface area (Å²) in [5, 5.41) is 29.0. The minimum atomic E-state index is -1.15. The molecule has 1 fully saturated rings. The van der Waals surface area contributed by atoms with E-state index >= 15 is 0 Å². The normalized spacial score (nSPS) is 26.5. The Hall–Kier alpha value is -3.55. The number of aromatic nitrogens is 3. The molecule has 0 aromatic carbocycles. The molecule has 40 heavy (non-hydrogen) atoms. The maximum Gasteiger partial charge on any atom is 0.326 e. The van der Waals surface area contributed by atoms with Crippen molar-refractivity contribution in [3.63, 3.8) is 0 Å². The van der Waals surface area contributed by atoms with E-state index in [1.54, 1.807) is 24.9 Å². The van der Waals surface area contributed by atoms with Gasteiger partial charge in [-0.25, -0.2) is 4.79 Å². The average molecular weight is 563 g/mol. The van der Waals surface area contributed by atoms with E-state index in [2.05, 4.69) is 31.6 Å². The Morgan fingerprint density at radius 3 is 2.52 bits per heavy atom. The molecule has 14 heteroatoms. The van der Waals surface area contributed by atoms with Gasteiger partial charge in [-0.2, -0.15) is 0 Å². The van der Waals surface area contributed by atoms with Crippen molar-refractivity contribution in [3.05, 3.63) is 11.9 Å². The Balaban J connectivity index is 1.94. The molecule has 14 nitrogen and oxygen atoms in total. The molecule has 6 atom stereocenters. The second-order valence-electron chi connectivity index (χ2n) is 10.7. The summed E-state index contributed by atoms with van der Waals surface area (Å²) in [6.45, 7) is 6.15. The third-order valence-corrected chi connectivity index (χ3v) is 7.82. The first-order valence-corrected chi connectivity index (χ1v) is 14.1. The fourth-order valence-electron chi connectivity index (χ4n) is 4.97. The van der Waals surface area contributed by atoms with Gasteiger partial charge < -0.3 is 31.3 Å². The number of carbonyl (C=O) groups excluding carboxylic acids is 4. The summed E-state index contributed by atoms with van der Waals surface area (Å²) in [7, 11) is 1.64. The summed E-state index contributed by atoms with van der Waals surface area (Å²) in [5.74, 6) is -3.26. The SMILES string of the molecule is CC[C@H](C)[C@@H]1NC(=O)[C@@H]2CCCN2C(=O)[C@@H](NC(=O)[C@@H](C)NC)Cc2cn(nn2)CCCC[C@@H](C(=O)O)NC1=O. The standard InChI is InChI=1S/C26H42N8O6/c1-5-15(2)21-24(37)28-18(26(39)40)9-6-7-11-33-14-17(31-32-33)13-19(29-22(35)16(3)27-4)25(38)34-12-8-10-20(34)23(36)30-21/h14-16,18-21,27H,5-13H2,1-4H3,(H,28,37)(H,29,35)(H,30,36)(H,39,40)/t15-,16+,18-,19-,20-,21-/m0/s1. The lowest BCUT2D eigenvalue weighted by molar-refractivity contribution is -0.144. The zero-order valence-corrected chi connectivity index (χ0v) is 23.7. The van der Waals surface area contributed by atoms with Crippen molar-refractivity contribution < 1.29 is 29.1 Å². The van der Waals surface area contributed by atoms with Crippen LogP contribution in [0.15, 0.2) is 6.20 Å². The number of carbonyl (C=O) groups is 5. The van der Waals surface area contributed by atoms with Crippen molar-refractivity contribution in [2.75, 3.05) is 13.6 Å². The van der Waals surface area contributed by atoms with E-state index in [0.717, 1.165) is 0 Å². The molecule has 0 unspecified atom stereocenters. The smallest absolute Gasteiger partial charge is 0.326 e. The second kappa shape index (κ2) is 14.2. The van der Waals surface area contributed by atoms with Crippen LogP contribution in [0.2, 0.25) is 0 Å². The van der Waals surface area contributed by atoms with Crippen molar-refractivity contribution in [3.8, 4) is 0 Å². The van der Waals surface area contributed by atoms with E-state index in [1.165, 1.54) is 4.90 Å². The summed E-state index contributed by atoms with van der Waals surface area (Å²) in [4.78, 5) is 66.6. The molecule has 2 aliphatic rings. The number of hydrogen-bond acceptors (Lipinski definition) is 8. The molecule has 0 aliphatic carbocycles. The molecule has 1 saturated heterocycles. The topological polar surface area (TPSA) is 188 Å². The first-order chi connectivity index (χ1) is 19.0. The van der Waals surface area contributed by atoms with Crippen molar-refractivity contribution in [1.82, 2.24) is 41.2 Å². The van der Waals surface area contributed by atoms with Crippen molar-refractivity contribution in [2.24, 2.45) is 5.92 Å². The minimum absolute atomic E-state index is 0.0881. The van der Waals surface area contributed by atoms with E-state index in [9.17, 15) is 29.1 Å². The molecule has 0 saturated carbocycles. The van der Waals surface area contributed by atoms with Crippen LogP contribution in [-0.2, 0) is 36.9 Å². The number of hydrogen-bond donors (Lipinski definition) is 5. The number of nitrogens with one attached hydrogen (secondary N) is 4. The van der Waals surface area contributed by atoms with Gasteiger partial charge in [-0.15, -0.1) is 5.10 Å². The molecule has 0 spiro atoms. The van der Waals surface area contributed by atoms with Crippen LogP contribution in [0, 0.1) is 5.92 Å². The number of aliphatic carboxylic acids is 1. The Labute approximate surface area is 234 Å². The van der Waals surface area contributed by atoms with Gasteiger partial charge in [0.1, 0.15) is 24.2 Å². The molecule has 1 aromatic rings. The van der Waals surface area contributed by atoms with Crippen LogP contribution in [0.4, 0.5) is 0 Å². The lowest BCUT2D eigenvalue weighted by Crippen LogP contribution is -2.59. The maximum atomic E-state index is 13.8. The molecule has 222 valence electrons. The molecular weight excluding hydrogens is 520 g/mol. The first kappa shape index (κ1) is 31.0. The molecule has 4 amide bonds. The Morgan fingerprint density at radius 2 is 1.85 bits per heavy atom. The summed E-state index contributed by atoms with van der Waals surface area (Å²) in [5.41, 5.74) is 0.504. The van der Waals surface area contributed by atoms with Crippen LogP contribution in [0.5, 0.6) is 0 Å². The average Bonchev–Trinajstić information content (AvgIpc) is 3.60. The zero-order chi connectivity index (χ0) is 29.4. The van der Waals surface area contributed by atoms with Crippen LogP contribution >= 0.6 is 0 Å².